The SMILES string of the molecule is COC(=O)C(Cc1cccs1)NC(=O)C(Cc1cccc2ccccc12)NC(=O)OCc1ccccc1. The van der Waals surface area contributed by atoms with Crippen molar-refractivity contribution in [2.75, 3.05) is 7.11 Å². The first-order chi connectivity index (χ1) is 18.0. The highest BCUT2D eigenvalue weighted by Crippen LogP contribution is 2.20. The van der Waals surface area contributed by atoms with Gasteiger partial charge in [-0.3, -0.25) is 4.79 Å². The zero-order valence-corrected chi connectivity index (χ0v) is 21.2. The van der Waals surface area contributed by atoms with Crippen LogP contribution in [0.5, 0.6) is 0 Å². The van der Waals surface area contributed by atoms with E-state index in [9.17, 15) is 14.4 Å². The smallest absolute Gasteiger partial charge is 0.408 e. The molecular weight excluding hydrogens is 488 g/mol. The summed E-state index contributed by atoms with van der Waals surface area (Å²) in [6, 6.07) is 24.8. The predicted octanol–water partition coefficient (Wildman–Crippen LogP) is 4.64. The maximum absolute atomic E-state index is 13.5. The van der Waals surface area contributed by atoms with Crippen LogP contribution >= 0.6 is 11.3 Å². The number of carbonyl (C=O) groups excluding carboxylic acids is 3. The summed E-state index contributed by atoms with van der Waals surface area (Å²) in [6.45, 7) is 0.0679. The van der Waals surface area contributed by atoms with E-state index in [0.29, 0.717) is 0 Å². The molecule has 0 bridgehead atoms. The van der Waals surface area contributed by atoms with E-state index in [0.717, 1.165) is 26.8 Å². The molecule has 0 aliphatic carbocycles. The van der Waals surface area contributed by atoms with Crippen LogP contribution in [0.3, 0.4) is 0 Å². The number of nitrogens with one attached hydrogen (secondary N) is 2. The van der Waals surface area contributed by atoms with Gasteiger partial charge in [-0.1, -0.05) is 78.9 Å². The standard InChI is InChI=1S/C29H28N2O5S/c1-35-28(33)26(18-23-14-8-16-37-23)30-27(32)25(31-29(34)36-19-20-9-3-2-4-10-20)17-22-13-7-12-21-11-5-6-15-24(21)22/h2-16,25-26H,17-19H2,1H3,(H,30,32)(H,31,34). The van der Waals surface area contributed by atoms with Crippen LogP contribution in [-0.4, -0.2) is 37.2 Å². The summed E-state index contributed by atoms with van der Waals surface area (Å²) in [5.41, 5.74) is 1.71. The molecule has 4 rings (SSSR count). The minimum atomic E-state index is -0.982. The molecule has 2 unspecified atom stereocenters. The van der Waals surface area contributed by atoms with Crippen LogP contribution in [0.1, 0.15) is 16.0 Å². The lowest BCUT2D eigenvalue weighted by Crippen LogP contribution is -2.53. The number of benzene rings is 3. The van der Waals surface area contributed by atoms with Crippen molar-refractivity contribution >= 4 is 40.1 Å². The first-order valence-electron chi connectivity index (χ1n) is 11.9. The summed E-state index contributed by atoms with van der Waals surface area (Å²) in [7, 11) is 1.28. The van der Waals surface area contributed by atoms with Crippen molar-refractivity contribution in [2.45, 2.75) is 31.5 Å². The number of alkyl carbamates (subject to hydrolysis) is 1. The number of carbonyl (C=O) groups is 3. The molecule has 3 aromatic carbocycles. The maximum Gasteiger partial charge on any atom is 0.408 e. The van der Waals surface area contributed by atoms with Gasteiger partial charge in [0.1, 0.15) is 18.7 Å². The molecule has 1 aromatic heterocycles. The van der Waals surface area contributed by atoms with Gasteiger partial charge in [0.05, 0.1) is 7.11 Å². The summed E-state index contributed by atoms with van der Waals surface area (Å²) in [5.74, 6) is -1.06. The quantitative estimate of drug-likeness (QED) is 0.300. The van der Waals surface area contributed by atoms with Gasteiger partial charge in [0.2, 0.25) is 5.91 Å². The molecule has 4 aromatic rings. The van der Waals surface area contributed by atoms with Crippen LogP contribution in [0, 0.1) is 0 Å². The number of rotatable bonds is 10. The van der Waals surface area contributed by atoms with Gasteiger partial charge in [0, 0.05) is 17.7 Å². The highest BCUT2D eigenvalue weighted by molar-refractivity contribution is 7.09. The van der Waals surface area contributed by atoms with E-state index in [1.807, 2.05) is 90.3 Å². The zero-order chi connectivity index (χ0) is 26.0. The highest BCUT2D eigenvalue weighted by atomic mass is 32.1. The Kier molecular flexibility index (Phi) is 8.89. The van der Waals surface area contributed by atoms with Crippen LogP contribution < -0.4 is 10.6 Å². The fraction of sp³-hybridized carbons (Fsp3) is 0.207. The van der Waals surface area contributed by atoms with Crippen molar-refractivity contribution in [3.8, 4) is 0 Å². The van der Waals surface area contributed by atoms with E-state index in [2.05, 4.69) is 10.6 Å². The summed E-state index contributed by atoms with van der Waals surface area (Å²) < 4.78 is 10.3. The van der Waals surface area contributed by atoms with Gasteiger partial charge in [-0.15, -0.1) is 11.3 Å². The molecule has 190 valence electrons. The van der Waals surface area contributed by atoms with Gasteiger partial charge in [-0.25, -0.2) is 9.59 Å². The topological polar surface area (TPSA) is 93.7 Å². The Labute approximate surface area is 219 Å². The number of ether oxygens (including phenoxy) is 2. The molecule has 2 atom stereocenters. The molecule has 0 fully saturated rings. The molecule has 7 nitrogen and oxygen atoms in total. The maximum atomic E-state index is 13.5. The van der Waals surface area contributed by atoms with E-state index in [-0.39, 0.29) is 19.4 Å². The Hall–Kier alpha value is -4.17. The van der Waals surface area contributed by atoms with Crippen molar-refractivity contribution in [1.29, 1.82) is 0 Å². The first kappa shape index (κ1) is 25.9. The lowest BCUT2D eigenvalue weighted by molar-refractivity contribution is -0.145. The third kappa shape index (κ3) is 7.17. The number of amides is 2. The minimum Gasteiger partial charge on any atom is -0.467 e. The Balaban J connectivity index is 1.53. The second kappa shape index (κ2) is 12.7. The molecule has 0 radical (unpaired) electrons. The Morgan fingerprint density at radius 2 is 1.57 bits per heavy atom. The van der Waals surface area contributed by atoms with Crippen molar-refractivity contribution in [1.82, 2.24) is 10.6 Å². The lowest BCUT2D eigenvalue weighted by atomic mass is 9.98. The van der Waals surface area contributed by atoms with Gasteiger partial charge in [0.25, 0.3) is 0 Å². The van der Waals surface area contributed by atoms with Crippen molar-refractivity contribution in [3.63, 3.8) is 0 Å². The Morgan fingerprint density at radius 1 is 0.811 bits per heavy atom. The minimum absolute atomic E-state index is 0.0679. The van der Waals surface area contributed by atoms with E-state index in [1.165, 1.54) is 18.4 Å². The van der Waals surface area contributed by atoms with E-state index in [4.69, 9.17) is 9.47 Å². The third-order valence-corrected chi connectivity index (χ3v) is 6.81. The molecule has 1 heterocycles. The average Bonchev–Trinajstić information content (AvgIpc) is 3.44. The van der Waals surface area contributed by atoms with Crippen molar-refractivity contribution in [3.05, 3.63) is 106 Å². The largest absolute Gasteiger partial charge is 0.467 e. The summed E-state index contributed by atoms with van der Waals surface area (Å²) >= 11 is 1.48. The van der Waals surface area contributed by atoms with E-state index >= 15 is 0 Å². The molecule has 0 spiro atoms. The fourth-order valence-electron chi connectivity index (χ4n) is 4.04. The predicted molar refractivity (Wildman–Crippen MR) is 143 cm³/mol. The van der Waals surface area contributed by atoms with Gasteiger partial charge >= 0.3 is 12.1 Å². The average molecular weight is 517 g/mol. The van der Waals surface area contributed by atoms with Crippen LogP contribution in [0.2, 0.25) is 0 Å². The Morgan fingerprint density at radius 3 is 2.32 bits per heavy atom. The van der Waals surface area contributed by atoms with Crippen molar-refractivity contribution < 1.29 is 23.9 Å². The Bertz CT molecular complexity index is 1340. The molecule has 0 aliphatic heterocycles. The fourth-order valence-corrected chi connectivity index (χ4v) is 4.80. The van der Waals surface area contributed by atoms with Crippen LogP contribution in [0.15, 0.2) is 90.3 Å². The molecule has 2 amide bonds. The van der Waals surface area contributed by atoms with Crippen molar-refractivity contribution in [2.24, 2.45) is 0 Å². The number of hydrogen-bond donors (Lipinski definition) is 2. The number of thiophene rings is 1. The van der Waals surface area contributed by atoms with E-state index in [1.54, 1.807) is 0 Å². The number of esters is 1. The number of fused-ring (bicyclic) bond motifs is 1. The molecule has 0 aliphatic rings. The zero-order valence-electron chi connectivity index (χ0n) is 20.4. The summed E-state index contributed by atoms with van der Waals surface area (Å²) in [4.78, 5) is 39.6. The molecule has 0 saturated heterocycles. The van der Waals surface area contributed by atoms with Gasteiger partial charge in [-0.05, 0) is 33.3 Å². The third-order valence-electron chi connectivity index (χ3n) is 5.91. The molecule has 8 heteroatoms. The second-order valence-corrected chi connectivity index (χ2v) is 9.50. The van der Waals surface area contributed by atoms with Gasteiger partial charge < -0.3 is 20.1 Å². The monoisotopic (exact) mass is 516 g/mol. The number of hydrogen-bond acceptors (Lipinski definition) is 6. The molecular formula is C29H28N2O5S. The lowest BCUT2D eigenvalue weighted by Gasteiger charge is -2.22. The molecule has 0 saturated carbocycles. The van der Waals surface area contributed by atoms with Crippen LogP contribution in [0.25, 0.3) is 10.8 Å². The summed E-state index contributed by atoms with van der Waals surface area (Å²) in [5, 5.41) is 9.38. The summed E-state index contributed by atoms with van der Waals surface area (Å²) in [6.07, 6.45) is -0.229. The van der Waals surface area contributed by atoms with E-state index < -0.39 is 30.1 Å². The van der Waals surface area contributed by atoms with Crippen LogP contribution in [0.4, 0.5) is 4.79 Å². The van der Waals surface area contributed by atoms with Crippen LogP contribution in [-0.2, 0) is 38.5 Å². The van der Waals surface area contributed by atoms with Gasteiger partial charge in [0.15, 0.2) is 0 Å². The number of methoxy groups -OCH3 is 1. The second-order valence-electron chi connectivity index (χ2n) is 8.47. The first-order valence-corrected chi connectivity index (χ1v) is 12.8. The highest BCUT2D eigenvalue weighted by Gasteiger charge is 2.29. The molecule has 2 N–H and O–H groups in total. The normalized spacial score (nSPS) is 12.4. The van der Waals surface area contributed by atoms with Gasteiger partial charge in [-0.2, -0.15) is 0 Å². The molecule has 37 heavy (non-hydrogen) atoms.